The molecule has 0 saturated carbocycles. The van der Waals surface area contributed by atoms with Crippen LogP contribution < -0.4 is 5.32 Å². The van der Waals surface area contributed by atoms with Gasteiger partial charge in [0.05, 0.1) is 47.0 Å². The number of thiazole rings is 1. The van der Waals surface area contributed by atoms with Gasteiger partial charge in [0.15, 0.2) is 0 Å². The van der Waals surface area contributed by atoms with Gasteiger partial charge in [0.25, 0.3) is 0 Å². The molecule has 7 unspecified atom stereocenters. The number of aliphatic hydroxyl groups excluding tert-OH is 2. The second-order valence-corrected chi connectivity index (χ2v) is 11.3. The van der Waals surface area contributed by atoms with Crippen molar-refractivity contribution in [2.45, 2.75) is 97.4 Å². The highest BCUT2D eigenvalue weighted by Gasteiger charge is 2.44. The van der Waals surface area contributed by atoms with E-state index in [4.69, 9.17) is 9.47 Å². The fourth-order valence-electron chi connectivity index (χ4n) is 4.48. The van der Waals surface area contributed by atoms with Crippen LogP contribution in [-0.4, -0.2) is 70.1 Å². The number of carbonyl (C=O) groups is 2. The Labute approximate surface area is 205 Å². The molecule has 2 saturated heterocycles. The van der Waals surface area contributed by atoms with E-state index >= 15 is 0 Å². The zero-order valence-corrected chi connectivity index (χ0v) is 21.7. The number of carbonyl (C=O) groups excluding carboxylic acids is 2. The van der Waals surface area contributed by atoms with Gasteiger partial charge in [-0.1, -0.05) is 20.8 Å². The summed E-state index contributed by atoms with van der Waals surface area (Å²) in [6.45, 7) is 11.2. The summed E-state index contributed by atoms with van der Waals surface area (Å²) in [6.07, 6.45) is 0.195. The second-order valence-electron chi connectivity index (χ2n) is 10.2. The molecule has 0 aromatic carbocycles. The van der Waals surface area contributed by atoms with E-state index in [1.807, 2.05) is 32.2 Å². The van der Waals surface area contributed by atoms with Crippen molar-refractivity contribution in [3.63, 3.8) is 0 Å². The summed E-state index contributed by atoms with van der Waals surface area (Å²) in [6, 6.07) is -0.304. The van der Waals surface area contributed by atoms with Crippen LogP contribution in [0.5, 0.6) is 0 Å². The van der Waals surface area contributed by atoms with Gasteiger partial charge in [-0.15, -0.1) is 11.3 Å². The number of nitrogens with one attached hydrogen (secondary N) is 1. The average Bonchev–Trinajstić information content (AvgIpc) is 3.38. The highest BCUT2D eigenvalue weighted by atomic mass is 32.1. The number of hydrogen-bond acceptors (Lipinski definition) is 9. The standard InChI is InChI=1S/C25H38N2O6S/c1-13(9-17-12-34-16(4)27-17)19-10-20-18(32-20)7-8-26-15(3)23(30)14(2)24(31)25(5,6)21(28)11-22(29)33-19/h9,12,14-15,18-21,23,26,28,30H,7-8,10-11H2,1-6H3/b13-9+. The van der Waals surface area contributed by atoms with Crippen LogP contribution in [0.25, 0.3) is 6.08 Å². The lowest BCUT2D eigenvalue weighted by Crippen LogP contribution is -2.49. The number of fused-ring (bicyclic) bond motifs is 1. The van der Waals surface area contributed by atoms with Crippen LogP contribution >= 0.6 is 11.3 Å². The van der Waals surface area contributed by atoms with Crippen molar-refractivity contribution in [1.29, 1.82) is 0 Å². The lowest BCUT2D eigenvalue weighted by molar-refractivity contribution is -0.154. The van der Waals surface area contributed by atoms with E-state index in [2.05, 4.69) is 10.3 Å². The molecule has 34 heavy (non-hydrogen) atoms. The Hall–Kier alpha value is -1.65. The van der Waals surface area contributed by atoms with E-state index in [0.717, 1.165) is 22.7 Å². The maximum atomic E-state index is 13.1. The molecule has 0 amide bonds. The lowest BCUT2D eigenvalue weighted by Gasteiger charge is -2.34. The number of Topliss-reactive ketones (excluding diaryl/α,β-unsaturated/α-hetero) is 1. The van der Waals surface area contributed by atoms with Crippen LogP contribution in [0, 0.1) is 18.3 Å². The van der Waals surface area contributed by atoms with E-state index in [-0.39, 0.29) is 30.5 Å². The Kier molecular flexibility index (Phi) is 8.68. The number of esters is 1. The third-order valence-corrected chi connectivity index (χ3v) is 7.88. The van der Waals surface area contributed by atoms with E-state index in [9.17, 15) is 19.8 Å². The van der Waals surface area contributed by atoms with Gasteiger partial charge in [-0.2, -0.15) is 0 Å². The first-order valence-corrected chi connectivity index (χ1v) is 12.9. The fourth-order valence-corrected chi connectivity index (χ4v) is 5.05. The van der Waals surface area contributed by atoms with Crippen LogP contribution in [0.15, 0.2) is 11.0 Å². The Morgan fingerprint density at radius 1 is 1.26 bits per heavy atom. The number of aliphatic hydroxyl groups is 2. The van der Waals surface area contributed by atoms with Gasteiger partial charge in [0, 0.05) is 23.8 Å². The Morgan fingerprint density at radius 2 is 1.97 bits per heavy atom. The van der Waals surface area contributed by atoms with Crippen LogP contribution in [-0.2, 0) is 19.1 Å². The molecule has 190 valence electrons. The number of ether oxygens (including phenoxy) is 2. The van der Waals surface area contributed by atoms with Gasteiger partial charge >= 0.3 is 5.97 Å². The van der Waals surface area contributed by atoms with E-state index in [1.165, 1.54) is 0 Å². The molecule has 9 heteroatoms. The number of aromatic nitrogens is 1. The minimum Gasteiger partial charge on any atom is -0.458 e. The second kappa shape index (κ2) is 11.0. The summed E-state index contributed by atoms with van der Waals surface area (Å²) < 4.78 is 11.6. The topological polar surface area (TPSA) is 121 Å². The van der Waals surface area contributed by atoms with Crippen LogP contribution in [0.3, 0.4) is 0 Å². The zero-order valence-electron chi connectivity index (χ0n) is 20.9. The first-order valence-electron chi connectivity index (χ1n) is 12.0. The highest BCUT2D eigenvalue weighted by Crippen LogP contribution is 2.34. The van der Waals surface area contributed by atoms with E-state index in [0.29, 0.717) is 13.0 Å². The van der Waals surface area contributed by atoms with Gasteiger partial charge in [-0.3, -0.25) is 9.59 Å². The summed E-state index contributed by atoms with van der Waals surface area (Å²) in [7, 11) is 0. The van der Waals surface area contributed by atoms with Gasteiger partial charge in [-0.05, 0) is 45.4 Å². The van der Waals surface area contributed by atoms with Crippen molar-refractivity contribution in [3.8, 4) is 0 Å². The molecule has 0 bridgehead atoms. The Balaban J connectivity index is 1.81. The molecule has 3 N–H and O–H groups in total. The monoisotopic (exact) mass is 494 g/mol. The van der Waals surface area contributed by atoms with Crippen molar-refractivity contribution >= 4 is 29.2 Å². The smallest absolute Gasteiger partial charge is 0.309 e. The minimum atomic E-state index is -1.24. The summed E-state index contributed by atoms with van der Waals surface area (Å²) in [4.78, 5) is 30.4. The average molecular weight is 495 g/mol. The largest absolute Gasteiger partial charge is 0.458 e. The number of epoxide rings is 1. The van der Waals surface area contributed by atoms with Crippen LogP contribution in [0.4, 0.5) is 0 Å². The molecule has 8 nitrogen and oxygen atoms in total. The maximum absolute atomic E-state index is 13.1. The molecule has 0 spiro atoms. The maximum Gasteiger partial charge on any atom is 0.309 e. The quantitative estimate of drug-likeness (QED) is 0.424. The number of hydrogen-bond donors (Lipinski definition) is 3. The molecule has 2 aliphatic rings. The van der Waals surface area contributed by atoms with Gasteiger partial charge < -0.3 is 25.0 Å². The molecule has 1 aromatic heterocycles. The molecule has 3 rings (SSSR count). The normalized spacial score (nSPS) is 36.0. The molecular weight excluding hydrogens is 456 g/mol. The summed E-state index contributed by atoms with van der Waals surface area (Å²) >= 11 is 1.55. The van der Waals surface area contributed by atoms with Gasteiger partial charge in [0.1, 0.15) is 11.9 Å². The molecule has 3 heterocycles. The molecule has 2 fully saturated rings. The number of rotatable bonds is 2. The molecule has 7 atom stereocenters. The fraction of sp³-hybridized carbons (Fsp3) is 0.720. The third-order valence-electron chi connectivity index (χ3n) is 7.09. The molecule has 2 aliphatic heterocycles. The molecule has 1 aromatic rings. The molecule has 0 aliphatic carbocycles. The van der Waals surface area contributed by atoms with Crippen molar-refractivity contribution in [1.82, 2.24) is 10.3 Å². The first-order chi connectivity index (χ1) is 15.9. The Morgan fingerprint density at radius 3 is 2.62 bits per heavy atom. The van der Waals surface area contributed by atoms with E-state index < -0.39 is 35.6 Å². The van der Waals surface area contributed by atoms with Gasteiger partial charge in [0.2, 0.25) is 0 Å². The third kappa shape index (κ3) is 6.51. The summed E-state index contributed by atoms with van der Waals surface area (Å²) in [5.41, 5.74) is 0.440. The molecular formula is C25H38N2O6S. The van der Waals surface area contributed by atoms with Crippen molar-refractivity contribution in [3.05, 3.63) is 21.7 Å². The minimum absolute atomic E-state index is 0.0323. The summed E-state index contributed by atoms with van der Waals surface area (Å²) in [5, 5.41) is 27.7. The number of cyclic esters (lactones) is 1. The Bertz CT molecular complexity index is 913. The van der Waals surface area contributed by atoms with Crippen LogP contribution in [0.2, 0.25) is 0 Å². The SMILES string of the molecule is C/C(=C\c1csc(C)n1)C1CC2OC2CCNC(C)C(O)C(C)C(=O)C(C)(C)C(O)CC(=O)O1. The number of nitrogens with zero attached hydrogens (tertiary/aromatic N) is 1. The highest BCUT2D eigenvalue weighted by molar-refractivity contribution is 7.09. The number of aryl methyl sites for hydroxylation is 1. The molecule has 0 radical (unpaired) electrons. The predicted octanol–water partition coefficient (Wildman–Crippen LogP) is 2.65. The zero-order chi connectivity index (χ0) is 25.2. The number of ketones is 1. The van der Waals surface area contributed by atoms with Crippen molar-refractivity contribution in [2.75, 3.05) is 6.54 Å². The van der Waals surface area contributed by atoms with Crippen molar-refractivity contribution < 1.29 is 29.3 Å². The van der Waals surface area contributed by atoms with Crippen LogP contribution in [0.1, 0.15) is 64.6 Å². The predicted molar refractivity (Wildman–Crippen MR) is 130 cm³/mol. The van der Waals surface area contributed by atoms with Gasteiger partial charge in [-0.25, -0.2) is 4.98 Å². The first kappa shape index (κ1) is 26.9. The lowest BCUT2D eigenvalue weighted by atomic mass is 9.74. The summed E-state index contributed by atoms with van der Waals surface area (Å²) in [5.74, 6) is -1.58. The van der Waals surface area contributed by atoms with E-state index in [1.54, 1.807) is 32.1 Å². The van der Waals surface area contributed by atoms with Crippen molar-refractivity contribution in [2.24, 2.45) is 11.3 Å².